The Morgan fingerprint density at radius 2 is 2.22 bits per heavy atom. The van der Waals surface area contributed by atoms with E-state index in [9.17, 15) is 4.79 Å². The molecule has 0 fully saturated rings. The summed E-state index contributed by atoms with van der Waals surface area (Å²) < 4.78 is 12.1. The van der Waals surface area contributed by atoms with Gasteiger partial charge in [0.2, 0.25) is 0 Å². The lowest BCUT2D eigenvalue weighted by molar-refractivity contribution is -0.0109. The molecule has 0 aliphatic rings. The fourth-order valence-corrected chi connectivity index (χ4v) is 1.19. The predicted molar refractivity (Wildman–Crippen MR) is 63.5 cm³/mol. The first kappa shape index (κ1) is 14.6. The van der Waals surface area contributed by atoms with Crippen LogP contribution in [-0.2, 0) is 16.0 Å². The second-order valence-electron chi connectivity index (χ2n) is 4.50. The van der Waals surface area contributed by atoms with E-state index in [1.807, 2.05) is 13.8 Å². The van der Waals surface area contributed by atoms with Gasteiger partial charge in [0.05, 0.1) is 24.9 Å². The van der Waals surface area contributed by atoms with E-state index in [-0.39, 0.29) is 11.3 Å². The van der Waals surface area contributed by atoms with Gasteiger partial charge in [0.1, 0.15) is 0 Å². The molecular formula is C11H19N3O4. The van der Waals surface area contributed by atoms with Gasteiger partial charge in [-0.1, -0.05) is 5.21 Å². The molecule has 0 radical (unpaired) electrons. The van der Waals surface area contributed by atoms with E-state index < -0.39 is 5.97 Å². The van der Waals surface area contributed by atoms with Crippen molar-refractivity contribution in [3.05, 3.63) is 11.9 Å². The van der Waals surface area contributed by atoms with E-state index >= 15 is 0 Å². The smallest absolute Gasteiger partial charge is 0.358 e. The van der Waals surface area contributed by atoms with Crippen LogP contribution in [0, 0.1) is 0 Å². The number of rotatable bonds is 8. The summed E-state index contributed by atoms with van der Waals surface area (Å²) in [6.07, 6.45) is 2.17. The maximum Gasteiger partial charge on any atom is 0.358 e. The molecule has 7 heteroatoms. The number of methoxy groups -OCH3 is 1. The van der Waals surface area contributed by atoms with Gasteiger partial charge >= 0.3 is 5.97 Å². The van der Waals surface area contributed by atoms with E-state index in [2.05, 4.69) is 10.3 Å². The molecule has 1 aromatic rings. The maximum absolute atomic E-state index is 10.6. The highest BCUT2D eigenvalue weighted by Gasteiger charge is 2.15. The third kappa shape index (κ3) is 4.80. The third-order valence-electron chi connectivity index (χ3n) is 2.62. The monoisotopic (exact) mass is 257 g/mol. The number of nitrogens with zero attached hydrogens (tertiary/aromatic N) is 3. The van der Waals surface area contributed by atoms with E-state index in [0.29, 0.717) is 19.8 Å². The van der Waals surface area contributed by atoms with Crippen LogP contribution in [0.25, 0.3) is 0 Å². The minimum atomic E-state index is -1.08. The topological polar surface area (TPSA) is 86.5 Å². The Morgan fingerprint density at radius 1 is 1.50 bits per heavy atom. The summed E-state index contributed by atoms with van der Waals surface area (Å²) >= 11 is 0. The Kier molecular flexibility index (Phi) is 5.24. The van der Waals surface area contributed by atoms with Crippen molar-refractivity contribution in [3.63, 3.8) is 0 Å². The Balaban J connectivity index is 2.20. The fraction of sp³-hybridized carbons (Fsp3) is 0.727. The van der Waals surface area contributed by atoms with Gasteiger partial charge in [-0.25, -0.2) is 9.48 Å². The van der Waals surface area contributed by atoms with Crippen LogP contribution >= 0.6 is 0 Å². The first-order chi connectivity index (χ1) is 8.44. The molecule has 1 rings (SSSR count). The number of aromatic nitrogens is 3. The number of carboxylic acid groups (broad SMARTS) is 1. The molecule has 0 aromatic carbocycles. The Hall–Kier alpha value is -1.47. The number of hydrogen-bond donors (Lipinski definition) is 1. The van der Waals surface area contributed by atoms with Crippen LogP contribution in [-0.4, -0.2) is 52.0 Å². The summed E-state index contributed by atoms with van der Waals surface area (Å²) in [6, 6.07) is 0. The zero-order valence-electron chi connectivity index (χ0n) is 10.9. The molecule has 0 saturated heterocycles. The van der Waals surface area contributed by atoms with Crippen molar-refractivity contribution in [1.29, 1.82) is 0 Å². The fourth-order valence-electron chi connectivity index (χ4n) is 1.19. The van der Waals surface area contributed by atoms with Gasteiger partial charge in [-0.2, -0.15) is 0 Å². The Bertz CT molecular complexity index is 389. The Labute approximate surface area is 106 Å². The summed E-state index contributed by atoms with van der Waals surface area (Å²) in [7, 11) is 1.67. The van der Waals surface area contributed by atoms with Crippen molar-refractivity contribution in [3.8, 4) is 0 Å². The van der Waals surface area contributed by atoms with Crippen molar-refractivity contribution in [2.45, 2.75) is 32.4 Å². The molecular weight excluding hydrogens is 238 g/mol. The standard InChI is InChI=1S/C11H19N3O4/c1-11(2,17-3)4-6-18-7-5-14-8-9(10(15)16)12-13-14/h8H,4-7H2,1-3H3,(H,15,16). The van der Waals surface area contributed by atoms with Crippen LogP contribution in [0.15, 0.2) is 6.20 Å². The van der Waals surface area contributed by atoms with Crippen molar-refractivity contribution in [2.24, 2.45) is 0 Å². The lowest BCUT2D eigenvalue weighted by Gasteiger charge is -2.22. The average Bonchev–Trinajstić information content (AvgIpc) is 2.77. The molecule has 18 heavy (non-hydrogen) atoms. The largest absolute Gasteiger partial charge is 0.476 e. The second-order valence-corrected chi connectivity index (χ2v) is 4.50. The molecule has 0 bridgehead atoms. The lowest BCUT2D eigenvalue weighted by Crippen LogP contribution is -2.24. The molecule has 0 atom stereocenters. The zero-order chi connectivity index (χ0) is 13.6. The van der Waals surface area contributed by atoms with Gasteiger partial charge < -0.3 is 14.6 Å². The molecule has 7 nitrogen and oxygen atoms in total. The first-order valence-electron chi connectivity index (χ1n) is 5.71. The summed E-state index contributed by atoms with van der Waals surface area (Å²) in [5.41, 5.74) is -0.250. The van der Waals surface area contributed by atoms with Gasteiger partial charge in [-0.15, -0.1) is 5.10 Å². The molecule has 0 saturated carbocycles. The van der Waals surface area contributed by atoms with Crippen LogP contribution in [0.1, 0.15) is 30.8 Å². The van der Waals surface area contributed by atoms with E-state index in [4.69, 9.17) is 14.6 Å². The molecule has 1 N–H and O–H groups in total. The molecule has 1 heterocycles. The van der Waals surface area contributed by atoms with E-state index in [1.165, 1.54) is 10.9 Å². The maximum atomic E-state index is 10.6. The van der Waals surface area contributed by atoms with E-state index in [1.54, 1.807) is 7.11 Å². The van der Waals surface area contributed by atoms with Crippen molar-refractivity contribution < 1.29 is 19.4 Å². The summed E-state index contributed by atoms with van der Waals surface area (Å²) in [5, 5.41) is 15.8. The highest BCUT2D eigenvalue weighted by molar-refractivity contribution is 5.84. The van der Waals surface area contributed by atoms with Crippen molar-refractivity contribution in [2.75, 3.05) is 20.3 Å². The number of carboxylic acids is 1. The number of hydrogen-bond acceptors (Lipinski definition) is 5. The predicted octanol–water partition coefficient (Wildman–Crippen LogP) is 0.808. The molecule has 0 unspecified atom stereocenters. The molecule has 102 valence electrons. The average molecular weight is 257 g/mol. The van der Waals surface area contributed by atoms with E-state index in [0.717, 1.165) is 6.42 Å². The van der Waals surface area contributed by atoms with Gasteiger partial charge in [-0.3, -0.25) is 0 Å². The van der Waals surface area contributed by atoms with Gasteiger partial charge in [-0.05, 0) is 20.3 Å². The molecule has 1 aromatic heterocycles. The molecule has 0 amide bonds. The molecule has 0 aliphatic heterocycles. The normalized spacial score (nSPS) is 11.7. The second kappa shape index (κ2) is 6.46. The third-order valence-corrected chi connectivity index (χ3v) is 2.62. The first-order valence-corrected chi connectivity index (χ1v) is 5.71. The van der Waals surface area contributed by atoms with Crippen molar-refractivity contribution in [1.82, 2.24) is 15.0 Å². The number of ether oxygens (including phenoxy) is 2. The Morgan fingerprint density at radius 3 is 2.78 bits per heavy atom. The SMILES string of the molecule is COC(C)(C)CCOCCn1cc(C(=O)O)nn1. The van der Waals surface area contributed by atoms with Crippen molar-refractivity contribution >= 4 is 5.97 Å². The van der Waals surface area contributed by atoms with Gasteiger partial charge in [0.15, 0.2) is 5.69 Å². The number of carbonyl (C=O) groups is 1. The van der Waals surface area contributed by atoms with Crippen LogP contribution < -0.4 is 0 Å². The molecule has 0 spiro atoms. The van der Waals surface area contributed by atoms with Crippen LogP contribution in [0.3, 0.4) is 0 Å². The summed E-state index contributed by atoms with van der Waals surface area (Å²) in [4.78, 5) is 10.6. The zero-order valence-corrected chi connectivity index (χ0v) is 10.9. The van der Waals surface area contributed by atoms with Crippen LogP contribution in [0.5, 0.6) is 0 Å². The van der Waals surface area contributed by atoms with Crippen LogP contribution in [0.2, 0.25) is 0 Å². The van der Waals surface area contributed by atoms with Gasteiger partial charge in [0, 0.05) is 13.7 Å². The van der Waals surface area contributed by atoms with Crippen LogP contribution in [0.4, 0.5) is 0 Å². The lowest BCUT2D eigenvalue weighted by atomic mass is 10.1. The molecule has 0 aliphatic carbocycles. The highest BCUT2D eigenvalue weighted by Crippen LogP contribution is 2.12. The number of aromatic carboxylic acids is 1. The summed E-state index contributed by atoms with van der Waals surface area (Å²) in [6.45, 7) is 5.51. The quantitative estimate of drug-likeness (QED) is 0.693. The highest BCUT2D eigenvalue weighted by atomic mass is 16.5. The minimum Gasteiger partial charge on any atom is -0.476 e. The van der Waals surface area contributed by atoms with Gasteiger partial charge in [0.25, 0.3) is 0 Å². The minimum absolute atomic E-state index is 0.0597. The summed E-state index contributed by atoms with van der Waals surface area (Å²) in [5.74, 6) is -1.08.